The Bertz CT molecular complexity index is 433. The lowest BCUT2D eigenvalue weighted by Gasteiger charge is -2.19. The van der Waals surface area contributed by atoms with Gasteiger partial charge in [-0.05, 0) is 12.3 Å². The van der Waals surface area contributed by atoms with E-state index in [1.807, 2.05) is 0 Å². The monoisotopic (exact) mass is 263 g/mol. The number of hydrogen-bond donors (Lipinski definition) is 1. The third-order valence-corrected chi connectivity index (χ3v) is 4.12. The first-order valence-corrected chi connectivity index (χ1v) is 7.59. The van der Waals surface area contributed by atoms with E-state index in [0.29, 0.717) is 11.8 Å². The van der Waals surface area contributed by atoms with Crippen LogP contribution in [0.2, 0.25) is 0 Å². The number of ether oxygens (including phenoxy) is 1. The summed E-state index contributed by atoms with van der Waals surface area (Å²) in [5.41, 5.74) is 2.75. The first-order valence-electron chi connectivity index (χ1n) is 7.59. The Kier molecular flexibility index (Phi) is 3.89. The van der Waals surface area contributed by atoms with E-state index in [2.05, 4.69) is 23.7 Å². The molecule has 1 fully saturated rings. The van der Waals surface area contributed by atoms with E-state index in [1.54, 1.807) is 0 Å². The molecule has 0 radical (unpaired) electrons. The normalized spacial score (nSPS) is 23.0. The SMILES string of the molecule is CC(C)Cc1nc2c(n1CC1CCOC1)CCNC2. The summed E-state index contributed by atoms with van der Waals surface area (Å²) in [5.74, 6) is 2.63. The van der Waals surface area contributed by atoms with Gasteiger partial charge in [-0.25, -0.2) is 4.98 Å². The lowest BCUT2D eigenvalue weighted by Crippen LogP contribution is -2.26. The van der Waals surface area contributed by atoms with Crippen LogP contribution in [-0.2, 0) is 30.7 Å². The van der Waals surface area contributed by atoms with Crippen LogP contribution >= 0.6 is 0 Å². The van der Waals surface area contributed by atoms with Crippen LogP contribution < -0.4 is 5.32 Å². The number of nitrogens with zero attached hydrogens (tertiary/aromatic N) is 2. The molecule has 2 aliphatic heterocycles. The average Bonchev–Trinajstić information content (AvgIpc) is 2.99. The van der Waals surface area contributed by atoms with Gasteiger partial charge in [0.25, 0.3) is 0 Å². The van der Waals surface area contributed by atoms with Crippen molar-refractivity contribution in [2.45, 2.75) is 46.2 Å². The van der Waals surface area contributed by atoms with Crippen molar-refractivity contribution in [3.05, 3.63) is 17.2 Å². The number of imidazole rings is 1. The average molecular weight is 263 g/mol. The summed E-state index contributed by atoms with van der Waals surface area (Å²) in [6, 6.07) is 0. The molecule has 1 atom stereocenters. The predicted molar refractivity (Wildman–Crippen MR) is 75.1 cm³/mol. The second-order valence-electron chi connectivity index (χ2n) is 6.29. The summed E-state index contributed by atoms with van der Waals surface area (Å²) in [4.78, 5) is 4.89. The van der Waals surface area contributed by atoms with E-state index >= 15 is 0 Å². The number of rotatable bonds is 4. The fourth-order valence-electron chi connectivity index (χ4n) is 3.15. The largest absolute Gasteiger partial charge is 0.381 e. The summed E-state index contributed by atoms with van der Waals surface area (Å²) >= 11 is 0. The molecular formula is C15H25N3O. The molecule has 0 spiro atoms. The lowest BCUT2D eigenvalue weighted by molar-refractivity contribution is 0.182. The molecule has 0 saturated carbocycles. The molecule has 106 valence electrons. The maximum absolute atomic E-state index is 5.52. The highest BCUT2D eigenvalue weighted by Crippen LogP contribution is 2.23. The number of aromatic nitrogens is 2. The number of nitrogens with one attached hydrogen (secondary N) is 1. The molecular weight excluding hydrogens is 238 g/mol. The third kappa shape index (κ3) is 2.84. The molecule has 1 aromatic heterocycles. The van der Waals surface area contributed by atoms with Crippen molar-refractivity contribution in [2.75, 3.05) is 19.8 Å². The fraction of sp³-hybridized carbons (Fsp3) is 0.800. The van der Waals surface area contributed by atoms with Gasteiger partial charge in [0.15, 0.2) is 0 Å². The van der Waals surface area contributed by atoms with Gasteiger partial charge in [-0.1, -0.05) is 13.8 Å². The molecule has 4 nitrogen and oxygen atoms in total. The molecule has 1 saturated heterocycles. The minimum Gasteiger partial charge on any atom is -0.381 e. The van der Waals surface area contributed by atoms with E-state index in [9.17, 15) is 0 Å². The number of hydrogen-bond acceptors (Lipinski definition) is 3. The van der Waals surface area contributed by atoms with E-state index < -0.39 is 0 Å². The second-order valence-corrected chi connectivity index (χ2v) is 6.29. The van der Waals surface area contributed by atoms with Crippen LogP contribution in [0, 0.1) is 11.8 Å². The standard InChI is InChI=1S/C15H25N3O/c1-11(2)7-15-17-13-8-16-5-3-14(13)18(15)9-12-4-6-19-10-12/h11-12,16H,3-10H2,1-2H3. The van der Waals surface area contributed by atoms with Crippen LogP contribution in [0.15, 0.2) is 0 Å². The highest BCUT2D eigenvalue weighted by molar-refractivity contribution is 5.20. The Morgan fingerprint density at radius 1 is 1.47 bits per heavy atom. The van der Waals surface area contributed by atoms with Gasteiger partial charge in [-0.3, -0.25) is 0 Å². The highest BCUT2D eigenvalue weighted by atomic mass is 16.5. The van der Waals surface area contributed by atoms with Crippen LogP contribution in [0.4, 0.5) is 0 Å². The van der Waals surface area contributed by atoms with Crippen molar-refractivity contribution in [1.82, 2.24) is 14.9 Å². The van der Waals surface area contributed by atoms with Crippen LogP contribution in [0.5, 0.6) is 0 Å². The summed E-state index contributed by atoms with van der Waals surface area (Å²) < 4.78 is 8.03. The van der Waals surface area contributed by atoms with E-state index in [-0.39, 0.29) is 0 Å². The maximum atomic E-state index is 5.52. The summed E-state index contributed by atoms with van der Waals surface area (Å²) in [5, 5.41) is 3.43. The minimum absolute atomic E-state index is 0.662. The van der Waals surface area contributed by atoms with Gasteiger partial charge >= 0.3 is 0 Å². The molecule has 2 aliphatic rings. The predicted octanol–water partition coefficient (Wildman–Crippen LogP) is 1.76. The van der Waals surface area contributed by atoms with Crippen molar-refractivity contribution in [3.63, 3.8) is 0 Å². The van der Waals surface area contributed by atoms with Crippen LogP contribution in [-0.4, -0.2) is 29.3 Å². The summed E-state index contributed by atoms with van der Waals surface area (Å²) in [7, 11) is 0. The van der Waals surface area contributed by atoms with Gasteiger partial charge in [-0.2, -0.15) is 0 Å². The summed E-state index contributed by atoms with van der Waals surface area (Å²) in [6.45, 7) is 9.53. The Morgan fingerprint density at radius 2 is 2.37 bits per heavy atom. The van der Waals surface area contributed by atoms with Crippen LogP contribution in [0.1, 0.15) is 37.5 Å². The first-order chi connectivity index (χ1) is 9.24. The molecule has 19 heavy (non-hydrogen) atoms. The zero-order valence-corrected chi connectivity index (χ0v) is 12.1. The van der Waals surface area contributed by atoms with Gasteiger partial charge in [-0.15, -0.1) is 0 Å². The van der Waals surface area contributed by atoms with Crippen LogP contribution in [0.3, 0.4) is 0 Å². The van der Waals surface area contributed by atoms with Crippen LogP contribution in [0.25, 0.3) is 0 Å². The maximum Gasteiger partial charge on any atom is 0.109 e. The van der Waals surface area contributed by atoms with Crippen molar-refractivity contribution < 1.29 is 4.74 Å². The molecule has 0 bridgehead atoms. The molecule has 4 heteroatoms. The van der Waals surface area contributed by atoms with Gasteiger partial charge in [0.2, 0.25) is 0 Å². The van der Waals surface area contributed by atoms with Gasteiger partial charge in [0.1, 0.15) is 5.82 Å². The van der Waals surface area contributed by atoms with E-state index in [1.165, 1.54) is 23.6 Å². The van der Waals surface area contributed by atoms with Crippen molar-refractivity contribution >= 4 is 0 Å². The summed E-state index contributed by atoms with van der Waals surface area (Å²) in [6.07, 6.45) is 3.40. The van der Waals surface area contributed by atoms with E-state index in [4.69, 9.17) is 9.72 Å². The fourth-order valence-corrected chi connectivity index (χ4v) is 3.15. The molecule has 1 unspecified atom stereocenters. The molecule has 3 heterocycles. The lowest BCUT2D eigenvalue weighted by atomic mass is 10.1. The smallest absolute Gasteiger partial charge is 0.109 e. The Balaban J connectivity index is 1.86. The molecule has 0 aliphatic carbocycles. The molecule has 3 rings (SSSR count). The first kappa shape index (κ1) is 13.1. The Morgan fingerprint density at radius 3 is 3.11 bits per heavy atom. The zero-order chi connectivity index (χ0) is 13.2. The molecule has 1 N–H and O–H groups in total. The highest BCUT2D eigenvalue weighted by Gasteiger charge is 2.24. The Labute approximate surface area is 115 Å². The van der Waals surface area contributed by atoms with Crippen molar-refractivity contribution in [2.24, 2.45) is 11.8 Å². The quantitative estimate of drug-likeness (QED) is 0.900. The van der Waals surface area contributed by atoms with Gasteiger partial charge < -0.3 is 14.6 Å². The molecule has 1 aromatic rings. The minimum atomic E-state index is 0.662. The van der Waals surface area contributed by atoms with Gasteiger partial charge in [0, 0.05) is 50.7 Å². The third-order valence-electron chi connectivity index (χ3n) is 4.12. The molecule has 0 aromatic carbocycles. The van der Waals surface area contributed by atoms with Gasteiger partial charge in [0.05, 0.1) is 12.3 Å². The second kappa shape index (κ2) is 5.63. The Hall–Kier alpha value is -0.870. The van der Waals surface area contributed by atoms with Crippen molar-refractivity contribution in [3.8, 4) is 0 Å². The molecule has 0 amide bonds. The zero-order valence-electron chi connectivity index (χ0n) is 12.1. The number of fused-ring (bicyclic) bond motifs is 1. The van der Waals surface area contributed by atoms with Crippen molar-refractivity contribution in [1.29, 1.82) is 0 Å². The van der Waals surface area contributed by atoms with E-state index in [0.717, 1.165) is 45.7 Å². The topological polar surface area (TPSA) is 39.1 Å².